The third-order valence-corrected chi connectivity index (χ3v) is 21.8. The molecule has 7 aromatic rings. The number of nitrogens with two attached hydrogens (primary N) is 1. The number of aliphatic hydroxyl groups excluding tert-OH is 6. The predicted octanol–water partition coefficient (Wildman–Crippen LogP) is 3.04. The third kappa shape index (κ3) is 21.2. The zero-order valence-electron chi connectivity index (χ0n) is 67.2. The van der Waals surface area contributed by atoms with Crippen molar-refractivity contribution in [3.63, 3.8) is 0 Å². The van der Waals surface area contributed by atoms with E-state index in [0.29, 0.717) is 5.56 Å². The van der Waals surface area contributed by atoms with Crippen molar-refractivity contribution in [2.75, 3.05) is 25.5 Å². The number of fused-ring (bicyclic) bond motifs is 15. The maximum atomic E-state index is 16.3. The number of phenols is 3. The monoisotopic (exact) mass is 1780 g/mol. The van der Waals surface area contributed by atoms with Crippen molar-refractivity contribution in [3.05, 3.63) is 171 Å². The van der Waals surface area contributed by atoms with E-state index in [0.717, 1.165) is 84.9 Å². The number of nitrogens with one attached hydrogen (secondary N) is 11. The van der Waals surface area contributed by atoms with E-state index >= 15 is 24.0 Å². The van der Waals surface area contributed by atoms with Gasteiger partial charge in [0.25, 0.3) is 11.8 Å². The summed E-state index contributed by atoms with van der Waals surface area (Å²) in [4.78, 5) is 138. The summed E-state index contributed by atoms with van der Waals surface area (Å²) in [6, 6.07) is 5.52. The summed E-state index contributed by atoms with van der Waals surface area (Å²) in [7, 11) is 1.46. The van der Waals surface area contributed by atoms with E-state index in [4.69, 9.17) is 57.4 Å². The number of amides is 9. The zero-order valence-corrected chi connectivity index (χ0v) is 68.7. The first-order chi connectivity index (χ1) is 59.2. The fourth-order valence-corrected chi connectivity index (χ4v) is 15.3. The molecule has 7 aliphatic heterocycles. The van der Waals surface area contributed by atoms with Crippen LogP contribution in [0, 0.1) is 5.92 Å². The van der Waals surface area contributed by atoms with E-state index < -0.39 is 266 Å². The second-order valence-electron chi connectivity index (χ2n) is 30.8. The quantitative estimate of drug-likeness (QED) is 0.0460. The number of nitrogens with zero attached hydrogens (tertiary/aromatic N) is 1. The topological polar surface area (TPSA) is 572 Å². The molecule has 43 heteroatoms. The number of aromatic nitrogens is 1. The molecule has 11 bridgehead atoms. The van der Waals surface area contributed by atoms with Crippen LogP contribution in [-0.4, -0.2) is 210 Å². The minimum Gasteiger partial charge on any atom is -0.508 e. The Morgan fingerprint density at radius 2 is 1.38 bits per heavy atom. The van der Waals surface area contributed by atoms with Crippen LogP contribution < -0.4 is 83.4 Å². The highest BCUT2D eigenvalue weighted by molar-refractivity contribution is 6.32. The molecular formula is C82H90Cl2F3N13O25. The predicted molar refractivity (Wildman–Crippen MR) is 431 cm³/mol. The van der Waals surface area contributed by atoms with Gasteiger partial charge in [-0.15, -0.1) is 13.2 Å². The number of phenolic OH excluding ortho intramolecular Hbond substituents is 3. The van der Waals surface area contributed by atoms with Gasteiger partial charge in [-0.25, -0.2) is 5.43 Å². The molecule has 16 unspecified atom stereocenters. The molecule has 0 radical (unpaired) electrons. The number of carbonyl (C=O) groups excluding carboxylic acids is 9. The molecular weight excluding hydrogens is 1690 g/mol. The molecule has 2 fully saturated rings. The lowest BCUT2D eigenvalue weighted by molar-refractivity contribution is -0.334. The van der Waals surface area contributed by atoms with Gasteiger partial charge in [-0.05, 0) is 139 Å². The Bertz CT molecular complexity index is 5280. The number of aromatic hydroxyl groups is 3. The lowest BCUT2D eigenvalue weighted by Crippen LogP contribution is -2.65. The van der Waals surface area contributed by atoms with Gasteiger partial charge in [0, 0.05) is 66.4 Å². The summed E-state index contributed by atoms with van der Waals surface area (Å²) < 4.78 is 82.6. The van der Waals surface area contributed by atoms with Gasteiger partial charge in [-0.2, -0.15) is 0 Å². The number of aliphatic hydroxyl groups is 6. The van der Waals surface area contributed by atoms with Gasteiger partial charge in [0.2, 0.25) is 53.4 Å². The first-order valence-corrected chi connectivity index (χ1v) is 39.8. The highest BCUT2D eigenvalue weighted by Crippen LogP contribution is 2.50. The van der Waals surface area contributed by atoms with Gasteiger partial charge in [-0.3, -0.25) is 53.6 Å². The Labute approximate surface area is 719 Å². The number of hydrogen-bond donors (Lipinski definition) is 21. The highest BCUT2D eigenvalue weighted by Gasteiger charge is 2.53. The molecule has 22 N–H and O–H groups in total. The van der Waals surface area contributed by atoms with Crippen molar-refractivity contribution < 1.29 is 135 Å². The number of carbonyl (C=O) groups is 9. The molecule has 1 aromatic heterocycles. The third-order valence-electron chi connectivity index (χ3n) is 21.2. The number of likely N-dealkylation sites (N-methyl/N-ethyl adjacent to an activating group) is 1. The molecule has 38 nitrogen and oxygen atoms in total. The average molecular weight is 1790 g/mol. The van der Waals surface area contributed by atoms with Crippen LogP contribution in [0.4, 0.5) is 18.9 Å². The summed E-state index contributed by atoms with van der Waals surface area (Å²) in [5, 5.41) is 129. The van der Waals surface area contributed by atoms with E-state index in [1.165, 1.54) is 50.6 Å². The smallest absolute Gasteiger partial charge is 0.508 e. The molecule has 2 saturated heterocycles. The number of hydrazine groups is 1. The Morgan fingerprint density at radius 3 is 2.02 bits per heavy atom. The first-order valence-electron chi connectivity index (χ1n) is 39.0. The summed E-state index contributed by atoms with van der Waals surface area (Å²) in [5.41, 5.74) is 6.93. The van der Waals surface area contributed by atoms with Gasteiger partial charge < -0.3 is 133 Å². The van der Waals surface area contributed by atoms with Gasteiger partial charge in [0.1, 0.15) is 101 Å². The first kappa shape index (κ1) is 92.4. The van der Waals surface area contributed by atoms with E-state index in [1.807, 2.05) is 0 Å². The van der Waals surface area contributed by atoms with Crippen molar-refractivity contribution >= 4 is 82.1 Å². The molecule has 668 valence electrons. The number of halogens is 5. The molecule has 18 atom stereocenters. The van der Waals surface area contributed by atoms with Crippen LogP contribution in [-0.2, 0) is 59.1 Å². The van der Waals surface area contributed by atoms with Crippen molar-refractivity contribution in [1.29, 1.82) is 0 Å². The van der Waals surface area contributed by atoms with E-state index in [-0.39, 0.29) is 59.8 Å². The number of alkyl halides is 3. The molecule has 9 amide bonds. The summed E-state index contributed by atoms with van der Waals surface area (Å²) >= 11 is 14.4. The normalized spacial score (nSPS) is 26.0. The van der Waals surface area contributed by atoms with Gasteiger partial charge in [-0.1, -0.05) is 68.2 Å². The number of pyridine rings is 1. The number of primary amides is 1. The van der Waals surface area contributed by atoms with E-state index in [1.54, 1.807) is 27.7 Å². The lowest BCUT2D eigenvalue weighted by Gasteiger charge is -2.48. The Kier molecular flexibility index (Phi) is 28.6. The number of benzene rings is 6. The summed E-state index contributed by atoms with van der Waals surface area (Å²) in [5.74, 6) is -16.8. The highest BCUT2D eigenvalue weighted by atomic mass is 35.5. The Morgan fingerprint density at radius 1 is 0.728 bits per heavy atom. The minimum atomic E-state index is -5.02. The molecule has 7 aliphatic rings. The van der Waals surface area contributed by atoms with Gasteiger partial charge >= 0.3 is 6.36 Å². The van der Waals surface area contributed by atoms with Crippen LogP contribution in [0.2, 0.25) is 10.0 Å². The largest absolute Gasteiger partial charge is 0.573 e. The molecule has 125 heavy (non-hydrogen) atoms. The molecule has 0 spiro atoms. The molecule has 14 rings (SSSR count). The van der Waals surface area contributed by atoms with Crippen molar-refractivity contribution in [1.82, 2.24) is 58.4 Å². The molecule has 0 aliphatic carbocycles. The van der Waals surface area contributed by atoms with Crippen LogP contribution in [0.3, 0.4) is 0 Å². The second-order valence-corrected chi connectivity index (χ2v) is 31.6. The lowest BCUT2D eigenvalue weighted by atomic mass is 9.84. The molecule has 6 aromatic carbocycles. The van der Waals surface area contributed by atoms with Crippen LogP contribution >= 0.6 is 23.2 Å². The maximum Gasteiger partial charge on any atom is 0.573 e. The van der Waals surface area contributed by atoms with Crippen LogP contribution in [0.5, 0.6) is 51.7 Å². The maximum absolute atomic E-state index is 16.3. The van der Waals surface area contributed by atoms with Crippen molar-refractivity contribution in [3.8, 4) is 62.9 Å². The fraction of sp³-hybridized carbons (Fsp3) is 0.390. The standard InChI is InChI=1S/C82H90Cl2F3N13O25/c1-7-92-100-79(118)62-45-25-42(102)26-51(104)59(45)44-19-36(11-14-50(44)103)60-75(114)99-64(78(117)97-62)66(107)38-13-16-53(47(84)21-38)121-55-23-39-22-54(120-52-15-12-37(20-46(52)83)65(106)63(98-73(112)48(89-6)17-33(2)3)77(116)94-49(27-57(88)105)74(113)95-61(39)76(115)96-60)69(55)124-80-70(68(109)67(108)56(32-101)122-80)123-58-28-81(5,71(110)34(4)119-58)91-30-35-18-40(31-90-29-35)72(111)93-41-9-8-10-43(24-41)125-82(85,86)87/h8-16,18-26,29,31,33-34,48-49,56,58,60-68,70-71,80,89,91-92,101-104,106-110H,7,17,27-28,30,32H2,1-6H3,(H2,88,105)(H,93,111)(H,94,116)(H,95,113)(H,96,115)(H,97,117)(H,98,112)(H,99,114)(H,100,118)/t34?,48?,49?,56?,58?,60?,61?,62-,63?,64?,65?,66?,67?,68?,70?,71?,80?,81-/m1/s1. The van der Waals surface area contributed by atoms with Gasteiger partial charge in [0.05, 0.1) is 46.9 Å². The summed E-state index contributed by atoms with van der Waals surface area (Å²) in [6.07, 6.45) is -22.3. The van der Waals surface area contributed by atoms with Crippen molar-refractivity contribution in [2.24, 2.45) is 11.7 Å². The molecule has 0 saturated carbocycles. The number of ether oxygens (including phenoxy) is 7. The minimum absolute atomic E-state index is 0.0455. The van der Waals surface area contributed by atoms with E-state index in [2.05, 4.69) is 68.4 Å². The number of anilines is 1. The Hall–Kier alpha value is -11.8. The van der Waals surface area contributed by atoms with Crippen LogP contribution in [0.1, 0.15) is 128 Å². The van der Waals surface area contributed by atoms with Crippen LogP contribution in [0.25, 0.3) is 11.1 Å². The SMILES string of the molecule is CCNNC(=O)[C@@H]1NC(=O)C2NC(=O)C(NC(=O)C3NC(=O)C(CC(N)=O)NC(=O)C(NC(=O)C(CC(C)C)NC)C(O)c4ccc(c(Cl)c4)Oc4cc3cc(c4OC3OC(CO)C(O)C(O)C3OC3C[C@@](C)(NCc4cncc(C(=O)Nc5cccc(OC(F)(F)F)c5)c4)C(O)C(C)O3)Oc3ccc(cc3Cl)C2O)c2ccc(O)c(c2)-c2c(O)cc(O)cc21. The zero-order chi connectivity index (χ0) is 90.5. The van der Waals surface area contributed by atoms with Crippen LogP contribution in [0.15, 0.2) is 122 Å². The average Bonchev–Trinajstić information content (AvgIpc) is 0.763. The number of hydrogen-bond acceptors (Lipinski definition) is 29. The van der Waals surface area contributed by atoms with Gasteiger partial charge in [0.15, 0.2) is 23.9 Å². The number of rotatable bonds is 21. The van der Waals surface area contributed by atoms with E-state index in [9.17, 15) is 78.3 Å². The summed E-state index contributed by atoms with van der Waals surface area (Å²) in [6.45, 7) is 7.14. The molecule has 8 heterocycles. The van der Waals surface area contributed by atoms with Crippen molar-refractivity contribution in [2.45, 2.75) is 176 Å². The fourth-order valence-electron chi connectivity index (χ4n) is 14.9. The second kappa shape index (κ2) is 38.8. The Balaban J connectivity index is 1.01.